The number of hydrazine groups is 1. The monoisotopic (exact) mass is 312 g/mol. The summed E-state index contributed by atoms with van der Waals surface area (Å²) in [6.07, 6.45) is 3.78. The third-order valence-corrected chi connectivity index (χ3v) is 4.18. The molecule has 4 heteroatoms. The van der Waals surface area contributed by atoms with Crippen LogP contribution in [-0.2, 0) is 6.54 Å². The molecule has 0 aliphatic carbocycles. The molecule has 3 nitrogen and oxygen atoms in total. The molecule has 1 fully saturated rings. The number of phenolic OH excluding ortho intramolecular Hbond substituents is 1. The SMILES string of the molecule is CC1CCCC(C)N1NCc1cc(Br)ccc1O. The molecule has 2 unspecified atom stereocenters. The van der Waals surface area contributed by atoms with E-state index in [0.717, 1.165) is 10.0 Å². The molecule has 0 bridgehead atoms. The van der Waals surface area contributed by atoms with E-state index < -0.39 is 0 Å². The Balaban J connectivity index is 1.99. The Hall–Kier alpha value is -0.580. The molecule has 0 aromatic heterocycles. The molecule has 0 amide bonds. The van der Waals surface area contributed by atoms with Crippen LogP contribution in [0.5, 0.6) is 5.75 Å². The van der Waals surface area contributed by atoms with Gasteiger partial charge in [0.25, 0.3) is 0 Å². The molecule has 1 aromatic rings. The van der Waals surface area contributed by atoms with Gasteiger partial charge in [0.1, 0.15) is 5.75 Å². The fraction of sp³-hybridized carbons (Fsp3) is 0.571. The van der Waals surface area contributed by atoms with Crippen LogP contribution in [0.1, 0.15) is 38.7 Å². The molecule has 1 aliphatic rings. The zero-order chi connectivity index (χ0) is 13.1. The van der Waals surface area contributed by atoms with E-state index in [1.54, 1.807) is 6.07 Å². The first-order valence-corrected chi connectivity index (χ1v) is 7.36. The lowest BCUT2D eigenvalue weighted by Gasteiger charge is -2.39. The molecule has 1 saturated heterocycles. The highest BCUT2D eigenvalue weighted by molar-refractivity contribution is 9.10. The van der Waals surface area contributed by atoms with Gasteiger partial charge in [0, 0.05) is 28.7 Å². The smallest absolute Gasteiger partial charge is 0.120 e. The van der Waals surface area contributed by atoms with Crippen molar-refractivity contribution in [3.63, 3.8) is 0 Å². The van der Waals surface area contributed by atoms with Gasteiger partial charge in [-0.25, -0.2) is 5.01 Å². The molecular weight excluding hydrogens is 292 g/mol. The lowest BCUT2D eigenvalue weighted by atomic mass is 10.00. The van der Waals surface area contributed by atoms with Crippen molar-refractivity contribution in [1.82, 2.24) is 10.4 Å². The summed E-state index contributed by atoms with van der Waals surface area (Å²) in [5.74, 6) is 0.350. The van der Waals surface area contributed by atoms with Gasteiger partial charge in [0.2, 0.25) is 0 Å². The van der Waals surface area contributed by atoms with Gasteiger partial charge >= 0.3 is 0 Å². The fourth-order valence-electron chi connectivity index (χ4n) is 2.61. The van der Waals surface area contributed by atoms with Crippen molar-refractivity contribution >= 4 is 15.9 Å². The first-order valence-electron chi connectivity index (χ1n) is 6.57. The molecule has 2 atom stereocenters. The number of aromatic hydroxyl groups is 1. The summed E-state index contributed by atoms with van der Waals surface area (Å²) < 4.78 is 0.997. The van der Waals surface area contributed by atoms with Crippen LogP contribution in [0.3, 0.4) is 0 Å². The Morgan fingerprint density at radius 3 is 2.67 bits per heavy atom. The van der Waals surface area contributed by atoms with Gasteiger partial charge in [0.05, 0.1) is 0 Å². The molecule has 0 radical (unpaired) electrons. The predicted molar refractivity (Wildman–Crippen MR) is 77.3 cm³/mol. The summed E-state index contributed by atoms with van der Waals surface area (Å²) in [5, 5.41) is 12.1. The van der Waals surface area contributed by atoms with Crippen LogP contribution in [0.25, 0.3) is 0 Å². The Morgan fingerprint density at radius 2 is 2.00 bits per heavy atom. The van der Waals surface area contributed by atoms with E-state index in [-0.39, 0.29) is 0 Å². The molecular formula is C14H21BrN2O. The maximum absolute atomic E-state index is 9.82. The molecule has 1 heterocycles. The number of hydrogen-bond acceptors (Lipinski definition) is 3. The lowest BCUT2D eigenvalue weighted by Crippen LogP contribution is -2.51. The molecule has 18 heavy (non-hydrogen) atoms. The van der Waals surface area contributed by atoms with E-state index >= 15 is 0 Å². The Labute approximate surface area is 117 Å². The molecule has 2 N–H and O–H groups in total. The van der Waals surface area contributed by atoms with Crippen molar-refractivity contribution in [3.8, 4) is 5.75 Å². The molecule has 100 valence electrons. The maximum atomic E-state index is 9.82. The maximum Gasteiger partial charge on any atom is 0.120 e. The zero-order valence-corrected chi connectivity index (χ0v) is 12.6. The largest absolute Gasteiger partial charge is 0.508 e. The Morgan fingerprint density at radius 1 is 1.33 bits per heavy atom. The number of hydrogen-bond donors (Lipinski definition) is 2. The average Bonchev–Trinajstić information content (AvgIpc) is 2.33. The van der Waals surface area contributed by atoms with Crippen LogP contribution in [0.4, 0.5) is 0 Å². The second kappa shape index (κ2) is 6.04. The van der Waals surface area contributed by atoms with Crippen LogP contribution >= 0.6 is 15.9 Å². The standard InChI is InChI=1S/C14H21BrN2O/c1-10-4-3-5-11(2)17(10)16-9-12-8-13(15)6-7-14(12)18/h6-8,10-11,16,18H,3-5,9H2,1-2H3. The molecule has 2 rings (SSSR count). The Bertz CT molecular complexity index is 401. The highest BCUT2D eigenvalue weighted by Crippen LogP contribution is 2.24. The van der Waals surface area contributed by atoms with Gasteiger partial charge in [-0.2, -0.15) is 0 Å². The minimum Gasteiger partial charge on any atom is -0.508 e. The fourth-order valence-corrected chi connectivity index (χ4v) is 3.01. The van der Waals surface area contributed by atoms with E-state index in [2.05, 4.69) is 40.2 Å². The number of benzene rings is 1. The summed E-state index contributed by atoms with van der Waals surface area (Å²) in [6, 6.07) is 6.66. The van der Waals surface area contributed by atoms with E-state index in [1.165, 1.54) is 19.3 Å². The lowest BCUT2D eigenvalue weighted by molar-refractivity contribution is 0.0433. The van der Waals surface area contributed by atoms with Crippen molar-refractivity contribution in [2.75, 3.05) is 0 Å². The van der Waals surface area contributed by atoms with E-state index in [1.807, 2.05) is 12.1 Å². The van der Waals surface area contributed by atoms with Crippen LogP contribution in [-0.4, -0.2) is 22.2 Å². The number of halogens is 1. The predicted octanol–water partition coefficient (Wildman–Crippen LogP) is 3.42. The van der Waals surface area contributed by atoms with E-state index in [0.29, 0.717) is 24.4 Å². The topological polar surface area (TPSA) is 35.5 Å². The second-order valence-electron chi connectivity index (χ2n) is 5.14. The molecule has 0 saturated carbocycles. The third-order valence-electron chi connectivity index (χ3n) is 3.69. The van der Waals surface area contributed by atoms with Crippen LogP contribution in [0.15, 0.2) is 22.7 Å². The first kappa shape index (κ1) is 13.8. The molecule has 0 spiro atoms. The quantitative estimate of drug-likeness (QED) is 0.897. The number of nitrogens with one attached hydrogen (secondary N) is 1. The van der Waals surface area contributed by atoms with Crippen molar-refractivity contribution in [2.45, 2.75) is 51.7 Å². The summed E-state index contributed by atoms with van der Waals surface area (Å²) in [6.45, 7) is 5.17. The number of piperidine rings is 1. The van der Waals surface area contributed by atoms with Crippen molar-refractivity contribution in [1.29, 1.82) is 0 Å². The number of phenols is 1. The first-order chi connectivity index (χ1) is 8.58. The molecule has 1 aromatic carbocycles. The number of nitrogens with zero attached hydrogens (tertiary/aromatic N) is 1. The highest BCUT2D eigenvalue weighted by atomic mass is 79.9. The minimum atomic E-state index is 0.350. The summed E-state index contributed by atoms with van der Waals surface area (Å²) in [5.41, 5.74) is 4.38. The zero-order valence-electron chi connectivity index (χ0n) is 11.0. The van der Waals surface area contributed by atoms with Crippen LogP contribution in [0, 0.1) is 0 Å². The van der Waals surface area contributed by atoms with Crippen molar-refractivity contribution in [2.24, 2.45) is 0 Å². The van der Waals surface area contributed by atoms with Gasteiger partial charge in [-0.1, -0.05) is 22.4 Å². The van der Waals surface area contributed by atoms with Crippen molar-refractivity contribution in [3.05, 3.63) is 28.2 Å². The minimum absolute atomic E-state index is 0.350. The van der Waals surface area contributed by atoms with E-state index in [9.17, 15) is 5.11 Å². The van der Waals surface area contributed by atoms with Gasteiger partial charge in [-0.05, 0) is 44.9 Å². The summed E-state index contributed by atoms with van der Waals surface area (Å²) in [7, 11) is 0. The average molecular weight is 313 g/mol. The Kier molecular flexibility index (Phi) is 4.65. The second-order valence-corrected chi connectivity index (χ2v) is 6.06. The van der Waals surface area contributed by atoms with Crippen molar-refractivity contribution < 1.29 is 5.11 Å². The van der Waals surface area contributed by atoms with Gasteiger partial charge in [-0.3, -0.25) is 5.43 Å². The van der Waals surface area contributed by atoms with Gasteiger partial charge in [-0.15, -0.1) is 0 Å². The van der Waals surface area contributed by atoms with Gasteiger partial charge in [0.15, 0.2) is 0 Å². The van der Waals surface area contributed by atoms with E-state index in [4.69, 9.17) is 0 Å². The van der Waals surface area contributed by atoms with Gasteiger partial charge < -0.3 is 5.11 Å². The molecule has 1 aliphatic heterocycles. The highest BCUT2D eigenvalue weighted by Gasteiger charge is 2.24. The number of rotatable bonds is 3. The van der Waals surface area contributed by atoms with Crippen LogP contribution < -0.4 is 5.43 Å². The normalized spacial score (nSPS) is 25.3. The summed E-state index contributed by atoms with van der Waals surface area (Å²) >= 11 is 3.43. The van der Waals surface area contributed by atoms with Crippen LogP contribution in [0.2, 0.25) is 0 Å². The summed E-state index contributed by atoms with van der Waals surface area (Å²) in [4.78, 5) is 0. The third kappa shape index (κ3) is 3.25.